The van der Waals surface area contributed by atoms with Crippen LogP contribution < -0.4 is 5.32 Å². The molecule has 0 aliphatic carbocycles. The first-order valence-corrected chi connectivity index (χ1v) is 9.76. The lowest BCUT2D eigenvalue weighted by atomic mass is 10.2. The molecule has 0 aromatic heterocycles. The highest BCUT2D eigenvalue weighted by Gasteiger charge is 2.22. The van der Waals surface area contributed by atoms with Crippen LogP contribution in [0.1, 0.15) is 44.5 Å². The summed E-state index contributed by atoms with van der Waals surface area (Å²) >= 11 is 0. The summed E-state index contributed by atoms with van der Waals surface area (Å²) < 4.78 is 31.0. The van der Waals surface area contributed by atoms with Crippen molar-refractivity contribution in [1.29, 1.82) is 0 Å². The van der Waals surface area contributed by atoms with E-state index >= 15 is 0 Å². The molecule has 0 heterocycles. The first-order valence-electron chi connectivity index (χ1n) is 8.32. The fourth-order valence-electron chi connectivity index (χ4n) is 2.11. The fraction of sp³-hybridized carbons (Fsp3) is 0.529. The first kappa shape index (κ1) is 21.1. The van der Waals surface area contributed by atoms with Crippen LogP contribution in [0.2, 0.25) is 0 Å². The molecule has 1 rings (SSSR count). The first-order chi connectivity index (χ1) is 11.8. The normalized spacial score (nSPS) is 12.7. The molecule has 0 fully saturated rings. The lowest BCUT2D eigenvalue weighted by Gasteiger charge is -2.18. The molecule has 0 spiro atoms. The molecule has 0 unspecified atom stereocenters. The van der Waals surface area contributed by atoms with Crippen molar-refractivity contribution in [2.24, 2.45) is 0 Å². The zero-order valence-electron chi connectivity index (χ0n) is 15.1. The van der Waals surface area contributed by atoms with Gasteiger partial charge >= 0.3 is 5.97 Å². The van der Waals surface area contributed by atoms with Crippen LogP contribution in [-0.2, 0) is 19.6 Å². The average molecular weight is 370 g/mol. The van der Waals surface area contributed by atoms with Gasteiger partial charge < -0.3 is 10.1 Å². The minimum absolute atomic E-state index is 0.00997. The van der Waals surface area contributed by atoms with Crippen molar-refractivity contribution in [3.05, 3.63) is 29.8 Å². The van der Waals surface area contributed by atoms with E-state index in [4.69, 9.17) is 4.74 Å². The van der Waals surface area contributed by atoms with Crippen molar-refractivity contribution in [1.82, 2.24) is 9.62 Å². The molecule has 1 aromatic rings. The van der Waals surface area contributed by atoms with E-state index in [1.807, 2.05) is 13.8 Å². The fourth-order valence-corrected chi connectivity index (χ4v) is 3.57. The Morgan fingerprint density at radius 2 is 1.68 bits per heavy atom. The van der Waals surface area contributed by atoms with Gasteiger partial charge in [0.1, 0.15) is 0 Å². The zero-order chi connectivity index (χ0) is 19.0. The van der Waals surface area contributed by atoms with Gasteiger partial charge in [-0.15, -0.1) is 0 Å². The van der Waals surface area contributed by atoms with Crippen LogP contribution in [0.4, 0.5) is 0 Å². The SMILES string of the molecule is CC[C@@H](C)NC(=O)COC(=O)c1ccc(S(=O)(=O)N(CC)CC)cc1. The van der Waals surface area contributed by atoms with Gasteiger partial charge in [-0.2, -0.15) is 4.31 Å². The van der Waals surface area contributed by atoms with Crippen molar-refractivity contribution in [2.75, 3.05) is 19.7 Å². The second-order valence-electron chi connectivity index (χ2n) is 5.57. The summed E-state index contributed by atoms with van der Waals surface area (Å²) in [7, 11) is -3.57. The molecule has 0 aliphatic heterocycles. The van der Waals surface area contributed by atoms with Gasteiger partial charge in [-0.3, -0.25) is 4.79 Å². The number of ether oxygens (including phenoxy) is 1. The number of sulfonamides is 1. The quantitative estimate of drug-likeness (QED) is 0.669. The van der Waals surface area contributed by atoms with Crippen molar-refractivity contribution in [2.45, 2.75) is 45.1 Å². The van der Waals surface area contributed by atoms with Crippen LogP contribution in [0.3, 0.4) is 0 Å². The predicted molar refractivity (Wildman–Crippen MR) is 94.7 cm³/mol. The maximum Gasteiger partial charge on any atom is 0.338 e. The Morgan fingerprint density at radius 3 is 2.16 bits per heavy atom. The molecular weight excluding hydrogens is 344 g/mol. The van der Waals surface area contributed by atoms with Gasteiger partial charge in [0, 0.05) is 19.1 Å². The number of amides is 1. The maximum atomic E-state index is 12.4. The van der Waals surface area contributed by atoms with Crippen molar-refractivity contribution < 1.29 is 22.7 Å². The number of benzene rings is 1. The van der Waals surface area contributed by atoms with Crippen molar-refractivity contribution >= 4 is 21.9 Å². The average Bonchev–Trinajstić information content (AvgIpc) is 2.60. The third-order valence-electron chi connectivity index (χ3n) is 3.79. The Balaban J connectivity index is 2.73. The van der Waals surface area contributed by atoms with Gasteiger partial charge in [-0.25, -0.2) is 13.2 Å². The summed E-state index contributed by atoms with van der Waals surface area (Å²) in [4.78, 5) is 23.7. The van der Waals surface area contributed by atoms with E-state index in [9.17, 15) is 18.0 Å². The summed E-state index contributed by atoms with van der Waals surface area (Å²) in [5, 5.41) is 2.69. The Labute approximate surface area is 149 Å². The van der Waals surface area contributed by atoms with E-state index < -0.39 is 16.0 Å². The number of rotatable bonds is 9. The Bertz CT molecular complexity index is 681. The van der Waals surface area contributed by atoms with E-state index in [0.717, 1.165) is 6.42 Å². The van der Waals surface area contributed by atoms with Crippen LogP contribution in [0, 0.1) is 0 Å². The number of nitrogens with zero attached hydrogens (tertiary/aromatic N) is 1. The summed E-state index contributed by atoms with van der Waals surface area (Å²) in [5.74, 6) is -1.05. The number of esters is 1. The van der Waals surface area contributed by atoms with Crippen molar-refractivity contribution in [3.63, 3.8) is 0 Å². The third kappa shape index (κ3) is 5.82. The van der Waals surface area contributed by atoms with Gasteiger partial charge in [0.15, 0.2) is 6.61 Å². The second kappa shape index (κ2) is 9.53. The highest BCUT2D eigenvalue weighted by molar-refractivity contribution is 7.89. The van der Waals surface area contributed by atoms with Gasteiger partial charge in [0.05, 0.1) is 10.5 Å². The molecule has 25 heavy (non-hydrogen) atoms. The number of hydrogen-bond donors (Lipinski definition) is 1. The number of nitrogens with one attached hydrogen (secondary N) is 1. The molecular formula is C17H26N2O5S. The highest BCUT2D eigenvalue weighted by atomic mass is 32.2. The summed E-state index contributed by atoms with van der Waals surface area (Å²) in [6.07, 6.45) is 0.780. The summed E-state index contributed by atoms with van der Waals surface area (Å²) in [6, 6.07) is 5.50. The lowest BCUT2D eigenvalue weighted by molar-refractivity contribution is -0.124. The molecule has 0 aliphatic rings. The molecule has 140 valence electrons. The molecule has 1 N–H and O–H groups in total. The van der Waals surface area contributed by atoms with Crippen LogP contribution in [-0.4, -0.2) is 50.3 Å². The number of carbonyl (C=O) groups is 2. The van der Waals surface area contributed by atoms with Crippen LogP contribution in [0.5, 0.6) is 0 Å². The largest absolute Gasteiger partial charge is 0.452 e. The summed E-state index contributed by atoms with van der Waals surface area (Å²) in [6.45, 7) is 7.68. The molecule has 1 aromatic carbocycles. The molecule has 1 amide bonds. The topological polar surface area (TPSA) is 92.8 Å². The molecule has 0 radical (unpaired) electrons. The molecule has 0 saturated carbocycles. The molecule has 7 nitrogen and oxygen atoms in total. The minimum Gasteiger partial charge on any atom is -0.452 e. The minimum atomic E-state index is -3.57. The Morgan fingerprint density at radius 1 is 1.12 bits per heavy atom. The van der Waals surface area contributed by atoms with E-state index in [1.54, 1.807) is 13.8 Å². The number of carbonyl (C=O) groups excluding carboxylic acids is 2. The molecule has 0 bridgehead atoms. The second-order valence-corrected chi connectivity index (χ2v) is 7.50. The monoisotopic (exact) mass is 370 g/mol. The van der Waals surface area contributed by atoms with E-state index in [2.05, 4.69) is 5.32 Å². The zero-order valence-corrected chi connectivity index (χ0v) is 15.9. The smallest absolute Gasteiger partial charge is 0.338 e. The Hall–Kier alpha value is -1.93. The maximum absolute atomic E-state index is 12.4. The third-order valence-corrected chi connectivity index (χ3v) is 5.85. The van der Waals surface area contributed by atoms with E-state index in [0.29, 0.717) is 13.1 Å². The van der Waals surface area contributed by atoms with Crippen LogP contribution >= 0.6 is 0 Å². The van der Waals surface area contributed by atoms with Crippen LogP contribution in [0.25, 0.3) is 0 Å². The van der Waals surface area contributed by atoms with Gasteiger partial charge in [0.2, 0.25) is 10.0 Å². The summed E-state index contributed by atoms with van der Waals surface area (Å²) in [5.41, 5.74) is 0.190. The van der Waals surface area contributed by atoms with Crippen molar-refractivity contribution in [3.8, 4) is 0 Å². The van der Waals surface area contributed by atoms with Gasteiger partial charge in [-0.05, 0) is 37.6 Å². The standard InChI is InChI=1S/C17H26N2O5S/c1-5-13(4)18-16(20)12-24-17(21)14-8-10-15(11-9-14)25(22,23)19(6-2)7-3/h8-11,13H,5-7,12H2,1-4H3,(H,18,20)/t13-/m1/s1. The molecule has 0 saturated heterocycles. The lowest BCUT2D eigenvalue weighted by Crippen LogP contribution is -2.35. The van der Waals surface area contributed by atoms with E-state index in [-0.39, 0.29) is 29.0 Å². The van der Waals surface area contributed by atoms with Gasteiger partial charge in [0.25, 0.3) is 5.91 Å². The van der Waals surface area contributed by atoms with Crippen LogP contribution in [0.15, 0.2) is 29.2 Å². The molecule has 1 atom stereocenters. The Kier molecular flexibility index (Phi) is 8.05. The van der Waals surface area contributed by atoms with Gasteiger partial charge in [-0.1, -0.05) is 20.8 Å². The predicted octanol–water partition coefficient (Wildman–Crippen LogP) is 1.79. The molecule has 8 heteroatoms. The highest BCUT2D eigenvalue weighted by Crippen LogP contribution is 2.16. The number of hydrogen-bond acceptors (Lipinski definition) is 5. The van der Waals surface area contributed by atoms with E-state index in [1.165, 1.54) is 28.6 Å².